The second-order valence-corrected chi connectivity index (χ2v) is 8.39. The van der Waals surface area contributed by atoms with Crippen LogP contribution in [0.25, 0.3) is 0 Å². The standard InChI is InChI=1S/C23H27F3N4O/c1-16-15-29(21-20(23(24,25)26)7-4-12-27-21)13-14-30(16)22(31)28-19-10-8-18(9-11-19)17-5-2-3-6-17/h4,7-12,16-17H,2-3,5-6,13-15H2,1H3,(H,28,31). The van der Waals surface area contributed by atoms with Crippen LogP contribution >= 0.6 is 0 Å². The van der Waals surface area contributed by atoms with E-state index in [2.05, 4.69) is 22.4 Å². The number of nitrogens with one attached hydrogen (secondary N) is 1. The van der Waals surface area contributed by atoms with E-state index in [1.54, 1.807) is 9.80 Å². The van der Waals surface area contributed by atoms with Crippen molar-refractivity contribution in [1.29, 1.82) is 0 Å². The first-order valence-electron chi connectivity index (χ1n) is 10.8. The first-order valence-corrected chi connectivity index (χ1v) is 10.8. The molecule has 1 aliphatic heterocycles. The summed E-state index contributed by atoms with van der Waals surface area (Å²) in [4.78, 5) is 20.0. The summed E-state index contributed by atoms with van der Waals surface area (Å²) in [7, 11) is 0. The van der Waals surface area contributed by atoms with Gasteiger partial charge >= 0.3 is 12.2 Å². The number of pyridine rings is 1. The largest absolute Gasteiger partial charge is 0.419 e. The van der Waals surface area contributed by atoms with Gasteiger partial charge in [0.15, 0.2) is 0 Å². The molecule has 1 aliphatic carbocycles. The second-order valence-electron chi connectivity index (χ2n) is 8.39. The number of halogens is 3. The third-order valence-electron chi connectivity index (χ3n) is 6.27. The summed E-state index contributed by atoms with van der Waals surface area (Å²) < 4.78 is 40.0. The maximum atomic E-state index is 13.3. The smallest absolute Gasteiger partial charge is 0.352 e. The van der Waals surface area contributed by atoms with Gasteiger partial charge in [0.05, 0.1) is 5.56 Å². The third-order valence-corrected chi connectivity index (χ3v) is 6.27. The molecule has 2 aliphatic rings. The Hall–Kier alpha value is -2.77. The summed E-state index contributed by atoms with van der Waals surface area (Å²) in [6, 6.07) is 9.84. The van der Waals surface area contributed by atoms with Crippen molar-refractivity contribution < 1.29 is 18.0 Å². The number of hydrogen-bond acceptors (Lipinski definition) is 3. The lowest BCUT2D eigenvalue weighted by molar-refractivity contribution is -0.137. The Morgan fingerprint density at radius 3 is 2.45 bits per heavy atom. The number of aromatic nitrogens is 1. The molecule has 4 rings (SSSR count). The van der Waals surface area contributed by atoms with Crippen molar-refractivity contribution in [2.24, 2.45) is 0 Å². The van der Waals surface area contributed by atoms with Crippen LogP contribution in [0.4, 0.5) is 29.5 Å². The van der Waals surface area contributed by atoms with Gasteiger partial charge in [-0.2, -0.15) is 13.2 Å². The highest BCUT2D eigenvalue weighted by molar-refractivity contribution is 5.89. The van der Waals surface area contributed by atoms with Gasteiger partial charge in [-0.15, -0.1) is 0 Å². The molecule has 1 saturated carbocycles. The van der Waals surface area contributed by atoms with E-state index in [1.165, 1.54) is 43.5 Å². The topological polar surface area (TPSA) is 48.5 Å². The number of alkyl halides is 3. The zero-order chi connectivity index (χ0) is 22.0. The molecule has 2 heterocycles. The van der Waals surface area contributed by atoms with Crippen molar-refractivity contribution in [1.82, 2.24) is 9.88 Å². The fourth-order valence-corrected chi connectivity index (χ4v) is 4.61. The molecule has 2 aromatic rings. The quantitative estimate of drug-likeness (QED) is 0.697. The molecule has 1 saturated heterocycles. The summed E-state index contributed by atoms with van der Waals surface area (Å²) in [6.45, 7) is 2.73. The van der Waals surface area contributed by atoms with Crippen LogP contribution in [-0.4, -0.2) is 41.6 Å². The van der Waals surface area contributed by atoms with Gasteiger partial charge in [0.1, 0.15) is 5.82 Å². The highest BCUT2D eigenvalue weighted by atomic mass is 19.4. The molecule has 0 bridgehead atoms. The summed E-state index contributed by atoms with van der Waals surface area (Å²) in [6.07, 6.45) is 1.89. The lowest BCUT2D eigenvalue weighted by Gasteiger charge is -2.40. The number of benzene rings is 1. The van der Waals surface area contributed by atoms with Crippen LogP contribution in [0.3, 0.4) is 0 Å². The van der Waals surface area contributed by atoms with E-state index < -0.39 is 11.7 Å². The molecule has 1 aromatic heterocycles. The monoisotopic (exact) mass is 432 g/mol. The van der Waals surface area contributed by atoms with Crippen molar-refractivity contribution in [3.05, 3.63) is 53.7 Å². The number of carbonyl (C=O) groups is 1. The molecule has 166 valence electrons. The fourth-order valence-electron chi connectivity index (χ4n) is 4.61. The number of carbonyl (C=O) groups excluding carboxylic acids is 1. The number of hydrogen-bond donors (Lipinski definition) is 1. The number of amides is 2. The molecule has 8 heteroatoms. The number of nitrogens with zero attached hydrogens (tertiary/aromatic N) is 3. The Labute approximate surface area is 180 Å². The summed E-state index contributed by atoms with van der Waals surface area (Å²) in [5.41, 5.74) is 1.29. The van der Waals surface area contributed by atoms with E-state index in [1.807, 2.05) is 19.1 Å². The molecule has 0 spiro atoms. The zero-order valence-corrected chi connectivity index (χ0v) is 17.5. The Kier molecular flexibility index (Phi) is 6.07. The molecule has 31 heavy (non-hydrogen) atoms. The molecule has 2 amide bonds. The molecular weight excluding hydrogens is 405 g/mol. The highest BCUT2D eigenvalue weighted by Crippen LogP contribution is 2.36. The van der Waals surface area contributed by atoms with Crippen LogP contribution in [-0.2, 0) is 6.18 Å². The lowest BCUT2D eigenvalue weighted by Crippen LogP contribution is -2.55. The summed E-state index contributed by atoms with van der Waals surface area (Å²) in [5.74, 6) is 0.537. The van der Waals surface area contributed by atoms with Gasteiger partial charge in [-0.25, -0.2) is 9.78 Å². The fraction of sp³-hybridized carbons (Fsp3) is 0.478. The molecular formula is C23H27F3N4O. The van der Waals surface area contributed by atoms with Crippen LogP contribution in [0, 0.1) is 0 Å². The predicted octanol–water partition coefficient (Wildman–Crippen LogP) is 5.50. The maximum absolute atomic E-state index is 13.3. The van der Waals surface area contributed by atoms with Gasteiger partial charge in [-0.1, -0.05) is 25.0 Å². The molecule has 1 aromatic carbocycles. The molecule has 1 atom stereocenters. The Bertz CT molecular complexity index is 910. The first kappa shape index (κ1) is 21.5. The molecule has 5 nitrogen and oxygen atoms in total. The number of anilines is 2. The van der Waals surface area contributed by atoms with Gasteiger partial charge in [-0.05, 0) is 55.5 Å². The van der Waals surface area contributed by atoms with Crippen LogP contribution in [0.2, 0.25) is 0 Å². The normalized spacial score (nSPS) is 20.2. The van der Waals surface area contributed by atoms with E-state index in [0.29, 0.717) is 19.0 Å². The molecule has 0 radical (unpaired) electrons. The van der Waals surface area contributed by atoms with E-state index >= 15 is 0 Å². The van der Waals surface area contributed by atoms with Gasteiger partial charge < -0.3 is 15.1 Å². The van der Waals surface area contributed by atoms with Gasteiger partial charge in [0, 0.05) is 37.6 Å². The van der Waals surface area contributed by atoms with E-state index in [4.69, 9.17) is 0 Å². The van der Waals surface area contributed by atoms with Crippen molar-refractivity contribution >= 4 is 17.5 Å². The maximum Gasteiger partial charge on any atom is 0.419 e. The van der Waals surface area contributed by atoms with Crippen LogP contribution in [0.1, 0.15) is 49.7 Å². The zero-order valence-electron chi connectivity index (χ0n) is 17.5. The average Bonchev–Trinajstić information content (AvgIpc) is 3.28. The molecule has 2 fully saturated rings. The number of urea groups is 1. The van der Waals surface area contributed by atoms with Crippen molar-refractivity contribution in [2.45, 2.75) is 50.7 Å². The van der Waals surface area contributed by atoms with Gasteiger partial charge in [-0.3, -0.25) is 0 Å². The predicted molar refractivity (Wildman–Crippen MR) is 114 cm³/mol. The van der Waals surface area contributed by atoms with E-state index in [0.717, 1.165) is 11.8 Å². The van der Waals surface area contributed by atoms with Crippen LogP contribution in [0.5, 0.6) is 0 Å². The highest BCUT2D eigenvalue weighted by Gasteiger charge is 2.37. The third kappa shape index (κ3) is 4.78. The summed E-state index contributed by atoms with van der Waals surface area (Å²) in [5, 5.41) is 2.92. The van der Waals surface area contributed by atoms with E-state index in [-0.39, 0.29) is 24.4 Å². The number of rotatable bonds is 3. The minimum Gasteiger partial charge on any atom is -0.352 e. The van der Waals surface area contributed by atoms with Crippen LogP contribution < -0.4 is 10.2 Å². The molecule has 1 N–H and O–H groups in total. The number of piperazine rings is 1. The Morgan fingerprint density at radius 1 is 1.10 bits per heavy atom. The van der Waals surface area contributed by atoms with E-state index in [9.17, 15) is 18.0 Å². The van der Waals surface area contributed by atoms with Gasteiger partial charge in [0.2, 0.25) is 0 Å². The first-order chi connectivity index (χ1) is 14.8. The summed E-state index contributed by atoms with van der Waals surface area (Å²) >= 11 is 0. The minimum atomic E-state index is -4.47. The minimum absolute atomic E-state index is 0.0793. The second kappa shape index (κ2) is 8.77. The lowest BCUT2D eigenvalue weighted by atomic mass is 9.98. The Morgan fingerprint density at radius 2 is 1.81 bits per heavy atom. The molecule has 1 unspecified atom stereocenters. The van der Waals surface area contributed by atoms with Crippen molar-refractivity contribution in [3.8, 4) is 0 Å². The Balaban J connectivity index is 1.38. The van der Waals surface area contributed by atoms with Gasteiger partial charge in [0.25, 0.3) is 0 Å². The SMILES string of the molecule is CC1CN(c2ncccc2C(F)(F)F)CCN1C(=O)Nc1ccc(C2CCCC2)cc1. The van der Waals surface area contributed by atoms with Crippen molar-refractivity contribution in [2.75, 3.05) is 29.9 Å². The average molecular weight is 432 g/mol. The van der Waals surface area contributed by atoms with Crippen molar-refractivity contribution in [3.63, 3.8) is 0 Å². The van der Waals surface area contributed by atoms with Crippen LogP contribution in [0.15, 0.2) is 42.6 Å².